The van der Waals surface area contributed by atoms with E-state index in [0.29, 0.717) is 4.88 Å². The van der Waals surface area contributed by atoms with Crippen molar-refractivity contribution in [1.82, 2.24) is 10.3 Å². The van der Waals surface area contributed by atoms with Crippen molar-refractivity contribution in [2.45, 2.75) is 6.04 Å². The highest BCUT2D eigenvalue weighted by atomic mass is 35.5. The molecule has 0 aliphatic heterocycles. The van der Waals surface area contributed by atoms with E-state index in [1.54, 1.807) is 17.5 Å². The van der Waals surface area contributed by atoms with E-state index in [2.05, 4.69) is 10.3 Å². The lowest BCUT2D eigenvalue weighted by molar-refractivity contribution is -0.139. The SMILES string of the molecule is O=C(NC(C(=O)O)c1cccs1)c1ccncc1Cl. The van der Waals surface area contributed by atoms with Gasteiger partial charge < -0.3 is 10.4 Å². The molecule has 0 bridgehead atoms. The van der Waals surface area contributed by atoms with Gasteiger partial charge in [0, 0.05) is 17.3 Å². The standard InChI is InChI=1S/C12H9ClN2O3S/c13-8-6-14-4-3-7(8)11(16)15-10(12(17)18)9-2-1-5-19-9/h1-6,10H,(H,15,16)(H,17,18). The van der Waals surface area contributed by atoms with Crippen LogP contribution in [0.5, 0.6) is 0 Å². The summed E-state index contributed by atoms with van der Waals surface area (Å²) in [6, 6.07) is 3.72. The average Bonchev–Trinajstić information content (AvgIpc) is 2.89. The van der Waals surface area contributed by atoms with Gasteiger partial charge in [0.15, 0.2) is 6.04 Å². The van der Waals surface area contributed by atoms with Crippen LogP contribution in [0.25, 0.3) is 0 Å². The number of halogens is 1. The highest BCUT2D eigenvalue weighted by Crippen LogP contribution is 2.21. The summed E-state index contributed by atoms with van der Waals surface area (Å²) in [5.74, 6) is -1.67. The molecule has 19 heavy (non-hydrogen) atoms. The molecule has 0 aromatic carbocycles. The van der Waals surface area contributed by atoms with Crippen LogP contribution >= 0.6 is 22.9 Å². The Bertz CT molecular complexity index is 601. The van der Waals surface area contributed by atoms with Gasteiger partial charge >= 0.3 is 5.97 Å². The molecule has 2 heterocycles. The number of thiophene rings is 1. The first-order chi connectivity index (χ1) is 9.09. The molecule has 0 saturated heterocycles. The number of aromatic nitrogens is 1. The fourth-order valence-electron chi connectivity index (χ4n) is 1.48. The predicted molar refractivity (Wildman–Crippen MR) is 71.4 cm³/mol. The normalized spacial score (nSPS) is 11.8. The van der Waals surface area contributed by atoms with Gasteiger partial charge in [-0.05, 0) is 17.5 Å². The van der Waals surface area contributed by atoms with Crippen LogP contribution in [-0.2, 0) is 4.79 Å². The Morgan fingerprint density at radius 1 is 1.42 bits per heavy atom. The number of aliphatic carboxylic acids is 1. The van der Waals surface area contributed by atoms with Crippen molar-refractivity contribution in [1.29, 1.82) is 0 Å². The van der Waals surface area contributed by atoms with Crippen LogP contribution in [0, 0.1) is 0 Å². The average molecular weight is 297 g/mol. The minimum absolute atomic E-state index is 0.176. The molecule has 98 valence electrons. The smallest absolute Gasteiger partial charge is 0.331 e. The molecule has 1 atom stereocenters. The maximum Gasteiger partial charge on any atom is 0.331 e. The zero-order valence-electron chi connectivity index (χ0n) is 9.54. The van der Waals surface area contributed by atoms with Gasteiger partial charge in [-0.3, -0.25) is 9.78 Å². The number of nitrogens with zero attached hydrogens (tertiary/aromatic N) is 1. The van der Waals surface area contributed by atoms with Crippen molar-refractivity contribution < 1.29 is 14.7 Å². The number of carboxylic acid groups (broad SMARTS) is 1. The van der Waals surface area contributed by atoms with Crippen molar-refractivity contribution in [3.05, 3.63) is 51.4 Å². The van der Waals surface area contributed by atoms with E-state index in [-0.39, 0.29) is 10.6 Å². The van der Waals surface area contributed by atoms with Gasteiger partial charge in [-0.25, -0.2) is 4.79 Å². The Hall–Kier alpha value is -1.92. The van der Waals surface area contributed by atoms with E-state index < -0.39 is 17.9 Å². The van der Waals surface area contributed by atoms with Crippen LogP contribution in [0.4, 0.5) is 0 Å². The van der Waals surface area contributed by atoms with Crippen molar-refractivity contribution in [3.63, 3.8) is 0 Å². The Kier molecular flexibility index (Phi) is 4.13. The zero-order valence-corrected chi connectivity index (χ0v) is 11.1. The second kappa shape index (κ2) is 5.81. The third kappa shape index (κ3) is 3.10. The number of amides is 1. The minimum atomic E-state index is -1.12. The Balaban J connectivity index is 2.21. The molecule has 1 unspecified atom stereocenters. The molecular formula is C12H9ClN2O3S. The van der Waals surface area contributed by atoms with Crippen LogP contribution in [0.2, 0.25) is 5.02 Å². The molecule has 2 N–H and O–H groups in total. The fraction of sp³-hybridized carbons (Fsp3) is 0.0833. The Morgan fingerprint density at radius 3 is 2.79 bits per heavy atom. The molecule has 2 rings (SSSR count). The number of hydrogen-bond donors (Lipinski definition) is 2. The summed E-state index contributed by atoms with van der Waals surface area (Å²) in [4.78, 5) is 27.5. The lowest BCUT2D eigenvalue weighted by atomic mass is 10.2. The van der Waals surface area contributed by atoms with Crippen LogP contribution < -0.4 is 5.32 Å². The second-order valence-corrected chi connectivity index (χ2v) is 5.00. The molecule has 2 aromatic heterocycles. The lowest BCUT2D eigenvalue weighted by Crippen LogP contribution is -2.33. The van der Waals surface area contributed by atoms with Gasteiger partial charge in [-0.2, -0.15) is 0 Å². The molecule has 0 radical (unpaired) electrons. The Morgan fingerprint density at radius 2 is 2.21 bits per heavy atom. The summed E-state index contributed by atoms with van der Waals surface area (Å²) >= 11 is 7.10. The summed E-state index contributed by atoms with van der Waals surface area (Å²) < 4.78 is 0. The van der Waals surface area contributed by atoms with Crippen molar-refractivity contribution >= 4 is 34.8 Å². The van der Waals surface area contributed by atoms with Gasteiger partial charge in [-0.1, -0.05) is 17.7 Å². The van der Waals surface area contributed by atoms with Gasteiger partial charge in [0.1, 0.15) is 0 Å². The first kappa shape index (κ1) is 13.5. The maximum atomic E-state index is 12.0. The van der Waals surface area contributed by atoms with E-state index >= 15 is 0 Å². The van der Waals surface area contributed by atoms with Gasteiger partial charge in [0.05, 0.1) is 10.6 Å². The lowest BCUT2D eigenvalue weighted by Gasteiger charge is -2.13. The summed E-state index contributed by atoms with van der Waals surface area (Å²) in [7, 11) is 0. The van der Waals surface area contributed by atoms with E-state index in [4.69, 9.17) is 16.7 Å². The zero-order chi connectivity index (χ0) is 13.8. The third-order valence-corrected chi connectivity index (χ3v) is 3.61. The van der Waals surface area contributed by atoms with E-state index in [1.165, 1.54) is 29.8 Å². The van der Waals surface area contributed by atoms with Gasteiger partial charge in [0.2, 0.25) is 0 Å². The molecule has 0 aliphatic rings. The van der Waals surface area contributed by atoms with Gasteiger partial charge in [-0.15, -0.1) is 11.3 Å². The second-order valence-electron chi connectivity index (χ2n) is 3.62. The molecule has 0 aliphatic carbocycles. The number of hydrogen-bond acceptors (Lipinski definition) is 4. The monoisotopic (exact) mass is 296 g/mol. The largest absolute Gasteiger partial charge is 0.479 e. The molecule has 2 aromatic rings. The first-order valence-corrected chi connectivity index (χ1v) is 6.52. The van der Waals surface area contributed by atoms with Crippen molar-refractivity contribution in [2.75, 3.05) is 0 Å². The summed E-state index contributed by atoms with van der Waals surface area (Å²) in [5.41, 5.74) is 0.194. The summed E-state index contributed by atoms with van der Waals surface area (Å²) in [6.45, 7) is 0. The summed E-state index contributed by atoms with van der Waals surface area (Å²) in [5, 5.41) is 13.5. The molecule has 0 spiro atoms. The van der Waals surface area contributed by atoms with Crippen LogP contribution in [0.3, 0.4) is 0 Å². The highest BCUT2D eigenvalue weighted by molar-refractivity contribution is 7.10. The maximum absolute atomic E-state index is 12.0. The molecule has 1 amide bonds. The van der Waals surface area contributed by atoms with Crippen molar-refractivity contribution in [2.24, 2.45) is 0 Å². The van der Waals surface area contributed by atoms with E-state index in [9.17, 15) is 9.59 Å². The number of rotatable bonds is 4. The number of carboxylic acids is 1. The molecular weight excluding hydrogens is 288 g/mol. The molecule has 7 heteroatoms. The highest BCUT2D eigenvalue weighted by Gasteiger charge is 2.24. The van der Waals surface area contributed by atoms with E-state index in [1.807, 2.05) is 0 Å². The fourth-order valence-corrected chi connectivity index (χ4v) is 2.45. The minimum Gasteiger partial charge on any atom is -0.479 e. The third-order valence-electron chi connectivity index (χ3n) is 2.37. The molecule has 0 saturated carbocycles. The Labute approximate surface area is 117 Å². The van der Waals surface area contributed by atoms with Crippen LogP contribution in [0.1, 0.15) is 21.3 Å². The molecule has 5 nitrogen and oxygen atoms in total. The first-order valence-electron chi connectivity index (χ1n) is 5.26. The van der Waals surface area contributed by atoms with Crippen LogP contribution in [-0.4, -0.2) is 22.0 Å². The number of nitrogens with one attached hydrogen (secondary N) is 1. The topological polar surface area (TPSA) is 79.3 Å². The van der Waals surface area contributed by atoms with E-state index in [0.717, 1.165) is 0 Å². The van der Waals surface area contributed by atoms with Crippen molar-refractivity contribution in [3.8, 4) is 0 Å². The predicted octanol–water partition coefficient (Wildman–Crippen LogP) is 2.35. The van der Waals surface area contributed by atoms with Gasteiger partial charge in [0.25, 0.3) is 5.91 Å². The quantitative estimate of drug-likeness (QED) is 0.907. The molecule has 0 fully saturated rings. The van der Waals surface area contributed by atoms with Crippen LogP contribution in [0.15, 0.2) is 36.0 Å². The number of carbonyl (C=O) groups excluding carboxylic acids is 1. The summed E-state index contributed by atoms with van der Waals surface area (Å²) in [6.07, 6.45) is 2.75. The number of pyridine rings is 1. The number of carbonyl (C=O) groups is 2.